The Kier molecular flexibility index (Phi) is 6.90. The molecule has 1 unspecified atom stereocenters. The third-order valence-electron chi connectivity index (χ3n) is 5.84. The van der Waals surface area contributed by atoms with Crippen LogP contribution in [0.25, 0.3) is 5.70 Å². The van der Waals surface area contributed by atoms with Crippen molar-refractivity contribution >= 4 is 15.7 Å². The largest absolute Gasteiger partial charge is 0.497 e. The number of hydrazine groups is 1. The highest BCUT2D eigenvalue weighted by molar-refractivity contribution is 7.89. The predicted octanol–water partition coefficient (Wildman–Crippen LogP) is 4.32. The van der Waals surface area contributed by atoms with Gasteiger partial charge in [-0.25, -0.2) is 8.42 Å². The summed E-state index contributed by atoms with van der Waals surface area (Å²) < 4.78 is 50.6. The quantitative estimate of drug-likeness (QED) is 0.497. The number of rotatable bonds is 8. The number of nitrogens with one attached hydrogen (secondary N) is 1. The van der Waals surface area contributed by atoms with Gasteiger partial charge in [0, 0.05) is 11.1 Å². The molecule has 0 aliphatic carbocycles. The lowest BCUT2D eigenvalue weighted by Crippen LogP contribution is -2.39. The molecule has 0 radical (unpaired) electrons. The highest BCUT2D eigenvalue weighted by Crippen LogP contribution is 2.41. The molecule has 0 aromatic heterocycles. The summed E-state index contributed by atoms with van der Waals surface area (Å²) >= 11 is 0. The molecule has 0 fully saturated rings. The summed E-state index contributed by atoms with van der Waals surface area (Å²) in [7, 11) is 2.27. The summed E-state index contributed by atoms with van der Waals surface area (Å²) in [5.41, 5.74) is 6.02. The van der Waals surface area contributed by atoms with Crippen molar-refractivity contribution in [3.8, 4) is 23.0 Å². The van der Waals surface area contributed by atoms with Gasteiger partial charge in [0.15, 0.2) is 11.5 Å². The normalized spacial score (nSPS) is 15.8. The van der Waals surface area contributed by atoms with Crippen molar-refractivity contribution in [2.45, 2.75) is 17.9 Å². The molecule has 9 heteroatoms. The molecule has 1 N–H and O–H groups in total. The second-order valence-corrected chi connectivity index (χ2v) is 9.74. The lowest BCUT2D eigenvalue weighted by atomic mass is 10.0. The average Bonchev–Trinajstić information content (AvgIpc) is 3.34. The second kappa shape index (κ2) is 9.89. The fourth-order valence-electron chi connectivity index (χ4n) is 3.94. The molecule has 0 amide bonds. The van der Waals surface area contributed by atoms with Crippen LogP contribution in [-0.4, -0.2) is 41.3 Å². The highest BCUT2D eigenvalue weighted by atomic mass is 32.2. The number of ether oxygens (including phenoxy) is 4. The number of benzene rings is 3. The van der Waals surface area contributed by atoms with Crippen LogP contribution < -0.4 is 24.4 Å². The molecule has 3 aromatic carbocycles. The fraction of sp³-hybridized carbons (Fsp3) is 0.231. The third-order valence-corrected chi connectivity index (χ3v) is 7.54. The van der Waals surface area contributed by atoms with Gasteiger partial charge in [-0.15, -0.1) is 4.41 Å². The van der Waals surface area contributed by atoms with E-state index in [1.165, 1.54) is 4.41 Å². The van der Waals surface area contributed by atoms with Gasteiger partial charge < -0.3 is 24.4 Å². The molecule has 1 atom stereocenters. The summed E-state index contributed by atoms with van der Waals surface area (Å²) in [6, 6.07) is 16.7. The minimum absolute atomic E-state index is 0.171. The van der Waals surface area contributed by atoms with Crippen LogP contribution >= 0.6 is 0 Å². The molecule has 3 aromatic rings. The SMILES string of the molecule is COc1ccc(OC)c(C2C=C(c3ccc(OC)c(OC)c3)NN2S(=O)(=O)c2ccc(C)cc2)c1. The van der Waals surface area contributed by atoms with Gasteiger partial charge in [-0.3, -0.25) is 0 Å². The molecule has 1 heterocycles. The standard InChI is InChI=1S/C26H28N2O6S/c1-17-6-10-20(11-7-17)35(29,30)28-23(21-15-19(31-2)9-13-24(21)32-3)16-22(27-28)18-8-12-25(33-4)26(14-18)34-5/h6-16,23,27H,1-5H3. The van der Waals surface area contributed by atoms with Crippen LogP contribution in [0, 0.1) is 6.92 Å². The van der Waals surface area contributed by atoms with Crippen LogP contribution in [0.3, 0.4) is 0 Å². The first-order chi connectivity index (χ1) is 16.8. The maximum atomic E-state index is 13.8. The van der Waals surface area contributed by atoms with Gasteiger partial charge in [-0.1, -0.05) is 17.7 Å². The number of hydrogen-bond donors (Lipinski definition) is 1. The molecular weight excluding hydrogens is 468 g/mol. The van der Waals surface area contributed by atoms with Crippen molar-refractivity contribution in [2.24, 2.45) is 0 Å². The smallest absolute Gasteiger partial charge is 0.260 e. The number of methoxy groups -OCH3 is 4. The Morgan fingerprint density at radius 1 is 0.771 bits per heavy atom. The zero-order chi connectivity index (χ0) is 25.2. The molecule has 8 nitrogen and oxygen atoms in total. The van der Waals surface area contributed by atoms with Gasteiger partial charge in [0.2, 0.25) is 0 Å². The summed E-state index contributed by atoms with van der Waals surface area (Å²) in [6.07, 6.45) is 1.84. The predicted molar refractivity (Wildman–Crippen MR) is 133 cm³/mol. The number of nitrogens with zero attached hydrogens (tertiary/aromatic N) is 1. The lowest BCUT2D eigenvalue weighted by molar-refractivity contribution is 0.332. The zero-order valence-corrected chi connectivity index (χ0v) is 21.0. The van der Waals surface area contributed by atoms with Crippen molar-refractivity contribution in [2.75, 3.05) is 28.4 Å². The van der Waals surface area contributed by atoms with E-state index in [1.54, 1.807) is 83.0 Å². The number of aryl methyl sites for hydroxylation is 1. The van der Waals surface area contributed by atoms with Crippen molar-refractivity contribution in [1.82, 2.24) is 9.84 Å². The van der Waals surface area contributed by atoms with Crippen LogP contribution in [0.4, 0.5) is 0 Å². The molecule has 0 bridgehead atoms. The summed E-state index contributed by atoms with van der Waals surface area (Å²) in [4.78, 5) is 0.171. The monoisotopic (exact) mass is 496 g/mol. The molecule has 1 aliphatic heterocycles. The molecule has 184 valence electrons. The Hall–Kier alpha value is -3.69. The van der Waals surface area contributed by atoms with E-state index < -0.39 is 16.1 Å². The first-order valence-corrected chi connectivity index (χ1v) is 12.3. The van der Waals surface area contributed by atoms with E-state index in [0.717, 1.165) is 11.1 Å². The molecule has 35 heavy (non-hydrogen) atoms. The third kappa shape index (κ3) is 4.65. The van der Waals surface area contributed by atoms with Crippen molar-refractivity contribution in [3.05, 3.63) is 83.4 Å². The van der Waals surface area contributed by atoms with Crippen LogP contribution in [0.5, 0.6) is 23.0 Å². The van der Waals surface area contributed by atoms with Gasteiger partial charge >= 0.3 is 0 Å². The first-order valence-electron chi connectivity index (χ1n) is 10.9. The van der Waals surface area contributed by atoms with Crippen LogP contribution in [0.1, 0.15) is 22.7 Å². The van der Waals surface area contributed by atoms with Crippen molar-refractivity contribution in [1.29, 1.82) is 0 Å². The maximum absolute atomic E-state index is 13.8. The Morgan fingerprint density at radius 3 is 2.06 bits per heavy atom. The molecule has 1 aliphatic rings. The van der Waals surface area contributed by atoms with Crippen molar-refractivity contribution in [3.63, 3.8) is 0 Å². The van der Waals surface area contributed by atoms with Gasteiger partial charge in [0.1, 0.15) is 11.5 Å². The van der Waals surface area contributed by atoms with E-state index in [4.69, 9.17) is 18.9 Å². The second-order valence-electron chi connectivity index (χ2n) is 7.93. The molecule has 0 spiro atoms. The van der Waals surface area contributed by atoms with Crippen molar-refractivity contribution < 1.29 is 27.4 Å². The summed E-state index contributed by atoms with van der Waals surface area (Å²) in [6.45, 7) is 1.91. The van der Waals surface area contributed by atoms with Crippen LogP contribution in [0.15, 0.2) is 71.6 Å². The van der Waals surface area contributed by atoms with E-state index in [0.29, 0.717) is 34.3 Å². The molecule has 0 saturated carbocycles. The van der Waals surface area contributed by atoms with Crippen LogP contribution in [0.2, 0.25) is 0 Å². The Bertz CT molecular complexity index is 1350. The number of hydrogen-bond acceptors (Lipinski definition) is 7. The van der Waals surface area contributed by atoms with E-state index in [-0.39, 0.29) is 4.90 Å². The Balaban J connectivity index is 1.86. The van der Waals surface area contributed by atoms with Gasteiger partial charge in [0.25, 0.3) is 10.0 Å². The van der Waals surface area contributed by atoms with E-state index >= 15 is 0 Å². The van der Waals surface area contributed by atoms with Crippen LogP contribution in [-0.2, 0) is 10.0 Å². The average molecular weight is 497 g/mol. The van der Waals surface area contributed by atoms with E-state index in [2.05, 4.69) is 5.43 Å². The minimum atomic E-state index is -3.95. The minimum Gasteiger partial charge on any atom is -0.497 e. The molecular formula is C26H28N2O6S. The topological polar surface area (TPSA) is 86.3 Å². The Morgan fingerprint density at radius 2 is 1.43 bits per heavy atom. The van der Waals surface area contributed by atoms with E-state index in [9.17, 15) is 8.42 Å². The molecule has 4 rings (SSSR count). The van der Waals surface area contributed by atoms with Gasteiger partial charge in [-0.05, 0) is 61.5 Å². The van der Waals surface area contributed by atoms with Gasteiger partial charge in [-0.2, -0.15) is 0 Å². The lowest BCUT2D eigenvalue weighted by Gasteiger charge is -2.26. The molecule has 0 saturated heterocycles. The highest BCUT2D eigenvalue weighted by Gasteiger charge is 2.38. The zero-order valence-electron chi connectivity index (χ0n) is 20.2. The summed E-state index contributed by atoms with van der Waals surface area (Å²) in [5, 5.41) is 0. The fourth-order valence-corrected chi connectivity index (χ4v) is 5.33. The summed E-state index contributed by atoms with van der Waals surface area (Å²) in [5.74, 6) is 2.22. The Labute approximate surface area is 205 Å². The first kappa shape index (κ1) is 24.4. The maximum Gasteiger partial charge on any atom is 0.260 e. The van der Waals surface area contributed by atoms with Gasteiger partial charge in [0.05, 0.1) is 45.1 Å². The van der Waals surface area contributed by atoms with E-state index in [1.807, 2.05) is 19.1 Å². The number of sulfonamides is 1.